The number of aryl methyl sites for hydroxylation is 1. The van der Waals surface area contributed by atoms with Crippen LogP contribution in [0.5, 0.6) is 0 Å². The first-order valence-corrected chi connectivity index (χ1v) is 8.49. The molecule has 0 saturated carbocycles. The summed E-state index contributed by atoms with van der Waals surface area (Å²) in [5.74, 6) is 0.309. The van der Waals surface area contributed by atoms with Crippen molar-refractivity contribution >= 4 is 22.7 Å². The fourth-order valence-electron chi connectivity index (χ4n) is 3.02. The van der Waals surface area contributed by atoms with Gasteiger partial charge in [0.1, 0.15) is 5.56 Å². The number of rotatable bonds is 4. The lowest BCUT2D eigenvalue weighted by molar-refractivity contribution is -0.388. The Hall–Kier alpha value is -4.03. The van der Waals surface area contributed by atoms with Gasteiger partial charge in [-0.05, 0) is 24.6 Å². The maximum absolute atomic E-state index is 13.2. The van der Waals surface area contributed by atoms with Crippen LogP contribution < -0.4 is 5.73 Å². The van der Waals surface area contributed by atoms with Crippen molar-refractivity contribution < 1.29 is 18.1 Å². The molecule has 154 valence electrons. The fraction of sp³-hybridized carbons (Fsp3) is 0.176. The predicted molar refractivity (Wildman–Crippen MR) is 98.8 cm³/mol. The Kier molecular flexibility index (Phi) is 4.37. The Labute approximate surface area is 165 Å². The topological polar surface area (TPSA) is 131 Å². The molecule has 0 aliphatic rings. The van der Waals surface area contributed by atoms with Crippen molar-refractivity contribution in [3.63, 3.8) is 0 Å². The van der Waals surface area contributed by atoms with E-state index in [1.807, 2.05) is 0 Å². The standard InChI is InChI=1S/C17H13F3N8O2/c1-9-4-5-26(25-9)14-11-7-22-27(15(11)24-16(21)23-14)8-10-2-3-13(28(29)30)12(6-10)17(18,19)20/h2-7H,8H2,1H3,(H2,21,23,24). The Morgan fingerprint density at radius 3 is 2.63 bits per heavy atom. The molecular weight excluding hydrogens is 405 g/mol. The van der Waals surface area contributed by atoms with Gasteiger partial charge in [-0.15, -0.1) is 0 Å². The molecule has 0 spiro atoms. The molecule has 3 aromatic heterocycles. The molecule has 10 nitrogen and oxygen atoms in total. The lowest BCUT2D eigenvalue weighted by Gasteiger charge is -2.10. The number of fused-ring (bicyclic) bond motifs is 1. The molecule has 3 heterocycles. The number of aromatic nitrogens is 6. The summed E-state index contributed by atoms with van der Waals surface area (Å²) in [6, 6.07) is 4.56. The monoisotopic (exact) mass is 418 g/mol. The van der Waals surface area contributed by atoms with Crippen LogP contribution in [0.4, 0.5) is 24.8 Å². The van der Waals surface area contributed by atoms with E-state index in [9.17, 15) is 23.3 Å². The van der Waals surface area contributed by atoms with Gasteiger partial charge in [-0.1, -0.05) is 6.07 Å². The summed E-state index contributed by atoms with van der Waals surface area (Å²) >= 11 is 0. The van der Waals surface area contributed by atoms with Gasteiger partial charge in [0.15, 0.2) is 11.5 Å². The number of anilines is 1. The second kappa shape index (κ2) is 6.79. The van der Waals surface area contributed by atoms with Crippen LogP contribution in [0.3, 0.4) is 0 Å². The van der Waals surface area contributed by atoms with Gasteiger partial charge in [-0.2, -0.15) is 33.3 Å². The van der Waals surface area contributed by atoms with Gasteiger partial charge < -0.3 is 5.73 Å². The normalized spacial score (nSPS) is 11.9. The van der Waals surface area contributed by atoms with Crippen LogP contribution in [0, 0.1) is 17.0 Å². The number of nitro benzene ring substituents is 1. The first kappa shape index (κ1) is 19.3. The van der Waals surface area contributed by atoms with Gasteiger partial charge in [-0.3, -0.25) is 10.1 Å². The molecule has 0 radical (unpaired) electrons. The van der Waals surface area contributed by atoms with Gasteiger partial charge in [0.2, 0.25) is 5.95 Å². The largest absolute Gasteiger partial charge is 0.423 e. The number of alkyl halides is 3. The highest BCUT2D eigenvalue weighted by Crippen LogP contribution is 2.36. The zero-order valence-electron chi connectivity index (χ0n) is 15.3. The van der Waals surface area contributed by atoms with Crippen molar-refractivity contribution in [2.75, 3.05) is 5.73 Å². The van der Waals surface area contributed by atoms with E-state index in [0.717, 1.165) is 17.8 Å². The zero-order valence-corrected chi connectivity index (χ0v) is 15.3. The van der Waals surface area contributed by atoms with E-state index < -0.39 is 22.4 Å². The second-order valence-corrected chi connectivity index (χ2v) is 6.45. The zero-order chi connectivity index (χ0) is 21.6. The minimum absolute atomic E-state index is 0.0629. The van der Waals surface area contributed by atoms with Crippen molar-refractivity contribution in [1.29, 1.82) is 0 Å². The first-order chi connectivity index (χ1) is 14.1. The summed E-state index contributed by atoms with van der Waals surface area (Å²) in [5, 5.41) is 19.9. The molecule has 30 heavy (non-hydrogen) atoms. The average Bonchev–Trinajstić information content (AvgIpc) is 3.27. The molecular formula is C17H13F3N8O2. The predicted octanol–water partition coefficient (Wildman–Crippen LogP) is 2.88. The quantitative estimate of drug-likeness (QED) is 0.398. The summed E-state index contributed by atoms with van der Waals surface area (Å²) in [6.07, 6.45) is -1.74. The molecule has 13 heteroatoms. The summed E-state index contributed by atoms with van der Waals surface area (Å²) in [5.41, 5.74) is 4.65. The molecule has 0 bridgehead atoms. The van der Waals surface area contributed by atoms with Gasteiger partial charge in [0.25, 0.3) is 5.69 Å². The molecule has 0 amide bonds. The van der Waals surface area contributed by atoms with E-state index in [1.165, 1.54) is 21.6 Å². The lowest BCUT2D eigenvalue weighted by atomic mass is 10.1. The van der Waals surface area contributed by atoms with E-state index in [-0.39, 0.29) is 23.7 Å². The highest BCUT2D eigenvalue weighted by atomic mass is 19.4. The molecule has 0 aliphatic heterocycles. The van der Waals surface area contributed by atoms with Crippen molar-refractivity contribution in [3.05, 3.63) is 63.6 Å². The van der Waals surface area contributed by atoms with Crippen LogP contribution in [-0.4, -0.2) is 34.5 Å². The number of hydrogen-bond donors (Lipinski definition) is 1. The summed E-state index contributed by atoms with van der Waals surface area (Å²) in [4.78, 5) is 18.2. The summed E-state index contributed by atoms with van der Waals surface area (Å²) in [7, 11) is 0. The fourth-order valence-corrected chi connectivity index (χ4v) is 3.02. The van der Waals surface area contributed by atoms with Crippen LogP contribution in [-0.2, 0) is 12.7 Å². The Bertz CT molecular complexity index is 1280. The third-order valence-corrected chi connectivity index (χ3v) is 4.33. The third-order valence-electron chi connectivity index (χ3n) is 4.33. The molecule has 4 aromatic rings. The number of halogens is 3. The van der Waals surface area contributed by atoms with Crippen LogP contribution in [0.25, 0.3) is 16.9 Å². The van der Waals surface area contributed by atoms with E-state index in [0.29, 0.717) is 11.2 Å². The van der Waals surface area contributed by atoms with Crippen molar-refractivity contribution in [1.82, 2.24) is 29.5 Å². The molecule has 1 aromatic carbocycles. The number of nitrogen functional groups attached to an aromatic ring is 1. The van der Waals surface area contributed by atoms with E-state index in [1.54, 1.807) is 19.2 Å². The maximum Gasteiger partial charge on any atom is 0.423 e. The van der Waals surface area contributed by atoms with Gasteiger partial charge in [0.05, 0.1) is 28.7 Å². The minimum Gasteiger partial charge on any atom is -0.368 e. The Morgan fingerprint density at radius 1 is 1.23 bits per heavy atom. The average molecular weight is 418 g/mol. The van der Waals surface area contributed by atoms with Crippen molar-refractivity contribution in [3.8, 4) is 5.82 Å². The number of nitrogens with zero attached hydrogens (tertiary/aromatic N) is 7. The minimum atomic E-state index is -4.87. The van der Waals surface area contributed by atoms with Gasteiger partial charge in [-0.25, -0.2) is 9.36 Å². The van der Waals surface area contributed by atoms with E-state index >= 15 is 0 Å². The summed E-state index contributed by atoms with van der Waals surface area (Å²) in [6.45, 7) is 1.69. The Balaban J connectivity index is 1.79. The van der Waals surface area contributed by atoms with E-state index in [4.69, 9.17) is 5.73 Å². The number of hydrogen-bond acceptors (Lipinski definition) is 7. The smallest absolute Gasteiger partial charge is 0.368 e. The lowest BCUT2D eigenvalue weighted by Crippen LogP contribution is -2.11. The number of nitrogens with two attached hydrogens (primary N) is 1. The molecule has 0 saturated heterocycles. The molecule has 0 aliphatic carbocycles. The molecule has 0 atom stereocenters. The highest BCUT2D eigenvalue weighted by molar-refractivity contribution is 5.83. The highest BCUT2D eigenvalue weighted by Gasteiger charge is 2.38. The molecule has 0 fully saturated rings. The SMILES string of the molecule is Cc1ccn(-c2nc(N)nc3c2cnn3Cc2ccc([N+](=O)[O-])c(C(F)(F)F)c2)n1. The second-order valence-electron chi connectivity index (χ2n) is 6.45. The first-order valence-electron chi connectivity index (χ1n) is 8.49. The van der Waals surface area contributed by atoms with E-state index in [2.05, 4.69) is 20.2 Å². The summed E-state index contributed by atoms with van der Waals surface area (Å²) < 4.78 is 42.6. The van der Waals surface area contributed by atoms with Crippen LogP contribution in [0.1, 0.15) is 16.8 Å². The van der Waals surface area contributed by atoms with Gasteiger partial charge in [0, 0.05) is 12.3 Å². The van der Waals surface area contributed by atoms with Gasteiger partial charge >= 0.3 is 6.18 Å². The Morgan fingerprint density at radius 2 is 2.00 bits per heavy atom. The van der Waals surface area contributed by atoms with Crippen molar-refractivity contribution in [2.24, 2.45) is 0 Å². The van der Waals surface area contributed by atoms with Crippen LogP contribution in [0.15, 0.2) is 36.7 Å². The maximum atomic E-state index is 13.2. The van der Waals surface area contributed by atoms with Crippen molar-refractivity contribution in [2.45, 2.75) is 19.6 Å². The molecule has 0 unspecified atom stereocenters. The number of nitro groups is 1. The van der Waals surface area contributed by atoms with Crippen LogP contribution in [0.2, 0.25) is 0 Å². The van der Waals surface area contributed by atoms with Crippen LogP contribution >= 0.6 is 0 Å². The number of benzene rings is 1. The third kappa shape index (κ3) is 3.40. The molecule has 4 rings (SSSR count). The molecule has 2 N–H and O–H groups in total.